The molecule has 0 saturated carbocycles. The first kappa shape index (κ1) is 14.7. The van der Waals surface area contributed by atoms with E-state index in [1.165, 1.54) is 6.07 Å². The summed E-state index contributed by atoms with van der Waals surface area (Å²) < 4.78 is 0. The van der Waals surface area contributed by atoms with E-state index < -0.39 is 0 Å². The maximum atomic E-state index is 11.4. The first-order valence-electron chi connectivity index (χ1n) is 6.31. The van der Waals surface area contributed by atoms with Crippen molar-refractivity contribution in [2.24, 2.45) is 5.41 Å². The lowest BCUT2D eigenvalue weighted by Gasteiger charge is -2.28. The van der Waals surface area contributed by atoms with E-state index in [0.29, 0.717) is 5.82 Å². The molecule has 1 heterocycles. The van der Waals surface area contributed by atoms with E-state index in [1.807, 2.05) is 6.92 Å². The van der Waals surface area contributed by atoms with Gasteiger partial charge in [0.2, 0.25) is 0 Å². The van der Waals surface area contributed by atoms with E-state index in [-0.39, 0.29) is 11.0 Å². The highest BCUT2D eigenvalue weighted by Crippen LogP contribution is 2.16. The van der Waals surface area contributed by atoms with Gasteiger partial charge in [-0.25, -0.2) is 4.98 Å². The Kier molecular flexibility index (Phi) is 4.90. The van der Waals surface area contributed by atoms with Crippen LogP contribution in [0.4, 0.5) is 5.82 Å². The van der Waals surface area contributed by atoms with Crippen LogP contribution in [0.3, 0.4) is 0 Å². The third kappa shape index (κ3) is 4.87. The Hall–Kier alpha value is -1.36. The molecule has 5 heteroatoms. The van der Waals surface area contributed by atoms with Crippen molar-refractivity contribution >= 4 is 5.82 Å². The van der Waals surface area contributed by atoms with Crippen LogP contribution >= 0.6 is 0 Å². The number of nitrogens with one attached hydrogen (secondary N) is 2. The van der Waals surface area contributed by atoms with Gasteiger partial charge >= 0.3 is 0 Å². The topological polar surface area (TPSA) is 61.0 Å². The summed E-state index contributed by atoms with van der Waals surface area (Å²) in [6, 6.07) is 1.50. The van der Waals surface area contributed by atoms with Crippen LogP contribution in [0, 0.1) is 5.41 Å². The lowest BCUT2D eigenvalue weighted by Crippen LogP contribution is -2.34. The molecule has 1 aromatic heterocycles. The highest BCUT2D eigenvalue weighted by atomic mass is 16.1. The van der Waals surface area contributed by atoms with E-state index in [1.54, 1.807) is 0 Å². The summed E-state index contributed by atoms with van der Waals surface area (Å²) >= 11 is 0. The predicted molar refractivity (Wildman–Crippen MR) is 75.1 cm³/mol. The first-order chi connectivity index (χ1) is 8.32. The summed E-state index contributed by atoms with van der Waals surface area (Å²) in [5, 5.41) is 3.25. The molecule has 0 aliphatic heterocycles. The first-order valence-corrected chi connectivity index (χ1v) is 6.31. The number of rotatable bonds is 6. The Morgan fingerprint density at radius 1 is 1.44 bits per heavy atom. The molecule has 102 valence electrons. The van der Waals surface area contributed by atoms with Crippen LogP contribution in [0.1, 0.15) is 26.6 Å². The van der Waals surface area contributed by atoms with Gasteiger partial charge in [0, 0.05) is 25.6 Å². The molecule has 0 unspecified atom stereocenters. The van der Waals surface area contributed by atoms with Crippen LogP contribution in [-0.2, 0) is 6.42 Å². The van der Waals surface area contributed by atoms with Crippen LogP contribution < -0.4 is 10.9 Å². The van der Waals surface area contributed by atoms with Crippen LogP contribution in [-0.4, -0.2) is 42.1 Å². The molecule has 18 heavy (non-hydrogen) atoms. The maximum absolute atomic E-state index is 11.4. The SMILES string of the molecule is CCc1nc(NCC(C)(C)CN(C)C)cc(=O)[nH]1. The summed E-state index contributed by atoms with van der Waals surface area (Å²) in [4.78, 5) is 20.7. The van der Waals surface area contributed by atoms with E-state index in [0.717, 1.165) is 25.3 Å². The third-order valence-electron chi connectivity index (χ3n) is 2.62. The average Bonchev–Trinajstić information content (AvgIpc) is 2.24. The van der Waals surface area contributed by atoms with Crippen molar-refractivity contribution in [2.45, 2.75) is 27.2 Å². The molecule has 0 bridgehead atoms. The molecular weight excluding hydrogens is 228 g/mol. The monoisotopic (exact) mass is 252 g/mol. The number of H-pyrrole nitrogens is 1. The fraction of sp³-hybridized carbons (Fsp3) is 0.692. The van der Waals surface area contributed by atoms with Gasteiger partial charge in [0.05, 0.1) is 0 Å². The lowest BCUT2D eigenvalue weighted by atomic mass is 9.93. The summed E-state index contributed by atoms with van der Waals surface area (Å²) in [6.45, 7) is 8.11. The van der Waals surface area contributed by atoms with E-state index >= 15 is 0 Å². The van der Waals surface area contributed by atoms with Gasteiger partial charge in [-0.15, -0.1) is 0 Å². The van der Waals surface area contributed by atoms with Crippen LogP contribution in [0.5, 0.6) is 0 Å². The van der Waals surface area contributed by atoms with E-state index in [2.05, 4.69) is 48.1 Å². The Balaban J connectivity index is 2.68. The summed E-state index contributed by atoms with van der Waals surface area (Å²) in [6.07, 6.45) is 0.728. The molecule has 1 rings (SSSR count). The Morgan fingerprint density at radius 2 is 2.11 bits per heavy atom. The van der Waals surface area contributed by atoms with Crippen LogP contribution in [0.2, 0.25) is 0 Å². The largest absolute Gasteiger partial charge is 0.369 e. The number of nitrogens with zero attached hydrogens (tertiary/aromatic N) is 2. The maximum Gasteiger partial charge on any atom is 0.252 e. The molecule has 0 atom stereocenters. The smallest absolute Gasteiger partial charge is 0.252 e. The van der Waals surface area contributed by atoms with Gasteiger partial charge in [0.25, 0.3) is 5.56 Å². The molecule has 2 N–H and O–H groups in total. The third-order valence-corrected chi connectivity index (χ3v) is 2.62. The molecule has 0 saturated heterocycles. The number of hydrogen-bond acceptors (Lipinski definition) is 4. The molecular formula is C13H24N4O. The van der Waals surface area contributed by atoms with Crippen molar-refractivity contribution in [3.63, 3.8) is 0 Å². The molecule has 0 aliphatic rings. The molecule has 0 aromatic carbocycles. The highest BCUT2D eigenvalue weighted by Gasteiger charge is 2.18. The zero-order chi connectivity index (χ0) is 13.8. The van der Waals surface area contributed by atoms with Gasteiger partial charge in [0.15, 0.2) is 0 Å². The molecule has 0 fully saturated rings. The normalized spacial score (nSPS) is 11.9. The summed E-state index contributed by atoms with van der Waals surface area (Å²) in [7, 11) is 4.12. The van der Waals surface area contributed by atoms with Crippen molar-refractivity contribution in [1.29, 1.82) is 0 Å². The van der Waals surface area contributed by atoms with Crippen molar-refractivity contribution in [1.82, 2.24) is 14.9 Å². The standard InChI is InChI=1S/C13H24N4O/c1-6-10-15-11(7-12(18)16-10)14-8-13(2,3)9-17(4)5/h7H,6,8-9H2,1-5H3,(H2,14,15,16,18). The number of aromatic amines is 1. The molecule has 0 radical (unpaired) electrons. The zero-order valence-electron chi connectivity index (χ0n) is 12.0. The molecule has 5 nitrogen and oxygen atoms in total. The number of aryl methyl sites for hydroxylation is 1. The number of anilines is 1. The van der Waals surface area contributed by atoms with Crippen molar-refractivity contribution in [3.8, 4) is 0 Å². The van der Waals surface area contributed by atoms with Gasteiger partial charge in [-0.1, -0.05) is 20.8 Å². The predicted octanol–water partition coefficient (Wildman–Crippen LogP) is 1.33. The molecule has 0 amide bonds. The molecule has 1 aromatic rings. The molecule has 0 spiro atoms. The second-order valence-corrected chi connectivity index (χ2v) is 5.69. The minimum absolute atomic E-state index is 0.102. The quantitative estimate of drug-likeness (QED) is 0.802. The lowest BCUT2D eigenvalue weighted by molar-refractivity contribution is 0.254. The average molecular weight is 252 g/mol. The van der Waals surface area contributed by atoms with E-state index in [9.17, 15) is 4.79 Å². The van der Waals surface area contributed by atoms with Crippen molar-refractivity contribution in [3.05, 3.63) is 22.2 Å². The Bertz CT molecular complexity index is 437. The fourth-order valence-electron chi connectivity index (χ4n) is 2.01. The van der Waals surface area contributed by atoms with Gasteiger partial charge < -0.3 is 15.2 Å². The van der Waals surface area contributed by atoms with Gasteiger partial charge in [0.1, 0.15) is 11.6 Å². The molecule has 0 aliphatic carbocycles. The Morgan fingerprint density at radius 3 is 2.67 bits per heavy atom. The summed E-state index contributed by atoms with van der Waals surface area (Å²) in [5.74, 6) is 1.37. The fourth-order valence-corrected chi connectivity index (χ4v) is 2.01. The van der Waals surface area contributed by atoms with Crippen LogP contribution in [0.15, 0.2) is 10.9 Å². The minimum atomic E-state index is -0.102. The zero-order valence-corrected chi connectivity index (χ0v) is 12.0. The van der Waals surface area contributed by atoms with Crippen molar-refractivity contribution in [2.75, 3.05) is 32.5 Å². The highest BCUT2D eigenvalue weighted by molar-refractivity contribution is 5.33. The van der Waals surface area contributed by atoms with E-state index in [4.69, 9.17) is 0 Å². The second kappa shape index (κ2) is 6.00. The summed E-state index contributed by atoms with van der Waals surface area (Å²) in [5.41, 5.74) is 0.0231. The van der Waals surface area contributed by atoms with Gasteiger partial charge in [-0.05, 0) is 19.5 Å². The number of hydrogen-bond donors (Lipinski definition) is 2. The van der Waals surface area contributed by atoms with Crippen molar-refractivity contribution < 1.29 is 0 Å². The minimum Gasteiger partial charge on any atom is -0.369 e. The Labute approximate surface area is 109 Å². The second-order valence-electron chi connectivity index (χ2n) is 5.69. The number of aromatic nitrogens is 2. The van der Waals surface area contributed by atoms with Gasteiger partial charge in [-0.2, -0.15) is 0 Å². The van der Waals surface area contributed by atoms with Crippen LogP contribution in [0.25, 0.3) is 0 Å². The van der Waals surface area contributed by atoms with Gasteiger partial charge in [-0.3, -0.25) is 4.79 Å².